The summed E-state index contributed by atoms with van der Waals surface area (Å²) in [5, 5.41) is 4.14. The molecule has 0 aromatic carbocycles. The second kappa shape index (κ2) is 5.93. The lowest BCUT2D eigenvalue weighted by Gasteiger charge is -2.15. The van der Waals surface area contributed by atoms with Gasteiger partial charge >= 0.3 is 12.2 Å². The van der Waals surface area contributed by atoms with Crippen molar-refractivity contribution in [3.05, 3.63) is 0 Å². The number of alkyl halides is 3. The molecule has 2 N–H and O–H groups in total. The number of likely N-dealkylation sites (tertiary alicyclic amines) is 1. The second-order valence-electron chi connectivity index (χ2n) is 3.77. The summed E-state index contributed by atoms with van der Waals surface area (Å²) < 4.78 is 35.2. The van der Waals surface area contributed by atoms with Gasteiger partial charge in [-0.15, -0.1) is 0 Å². The highest BCUT2D eigenvalue weighted by Gasteiger charge is 2.27. The van der Waals surface area contributed by atoms with E-state index in [1.807, 2.05) is 0 Å². The van der Waals surface area contributed by atoms with Crippen molar-refractivity contribution < 1.29 is 18.0 Å². The Morgan fingerprint density at radius 1 is 1.19 bits per heavy atom. The Balaban J connectivity index is 2.01. The van der Waals surface area contributed by atoms with Gasteiger partial charge in [0.1, 0.15) is 6.54 Å². The molecule has 1 saturated heterocycles. The molecule has 0 aromatic heterocycles. The van der Waals surface area contributed by atoms with E-state index in [-0.39, 0.29) is 0 Å². The van der Waals surface area contributed by atoms with Crippen LogP contribution >= 0.6 is 0 Å². The molecule has 0 aromatic rings. The number of carbonyl (C=O) groups is 1. The molecule has 1 heterocycles. The molecule has 1 fully saturated rings. The third-order valence-corrected chi connectivity index (χ3v) is 2.36. The van der Waals surface area contributed by atoms with Crippen LogP contribution in [0.4, 0.5) is 18.0 Å². The number of hydrogen-bond acceptors (Lipinski definition) is 2. The summed E-state index contributed by atoms with van der Waals surface area (Å²) in [7, 11) is 0. The molecule has 2 amide bonds. The van der Waals surface area contributed by atoms with Crippen LogP contribution in [0.1, 0.15) is 12.8 Å². The molecule has 94 valence electrons. The lowest BCUT2D eigenvalue weighted by molar-refractivity contribution is -0.122. The van der Waals surface area contributed by atoms with Gasteiger partial charge in [0.05, 0.1) is 0 Å². The highest BCUT2D eigenvalue weighted by atomic mass is 19.4. The molecule has 1 rings (SSSR count). The summed E-state index contributed by atoms with van der Waals surface area (Å²) in [5.74, 6) is 0. The van der Waals surface area contributed by atoms with E-state index in [0.29, 0.717) is 13.1 Å². The summed E-state index contributed by atoms with van der Waals surface area (Å²) in [4.78, 5) is 13.1. The molecule has 1 aliphatic rings. The highest BCUT2D eigenvalue weighted by molar-refractivity contribution is 5.73. The molecule has 0 spiro atoms. The quantitative estimate of drug-likeness (QED) is 0.767. The molecule has 1 aliphatic heterocycles. The van der Waals surface area contributed by atoms with Crippen molar-refractivity contribution in [1.29, 1.82) is 0 Å². The van der Waals surface area contributed by atoms with E-state index in [4.69, 9.17) is 0 Å². The van der Waals surface area contributed by atoms with Gasteiger partial charge in [0.2, 0.25) is 0 Å². The van der Waals surface area contributed by atoms with Crippen molar-refractivity contribution in [1.82, 2.24) is 15.5 Å². The molecule has 0 aliphatic carbocycles. The first-order valence-corrected chi connectivity index (χ1v) is 5.28. The second-order valence-corrected chi connectivity index (χ2v) is 3.77. The van der Waals surface area contributed by atoms with Gasteiger partial charge in [0.25, 0.3) is 0 Å². The van der Waals surface area contributed by atoms with E-state index in [2.05, 4.69) is 10.2 Å². The van der Waals surface area contributed by atoms with Gasteiger partial charge in [0.15, 0.2) is 0 Å². The average Bonchev–Trinajstić information content (AvgIpc) is 2.66. The van der Waals surface area contributed by atoms with Crippen molar-refractivity contribution in [2.75, 3.05) is 32.7 Å². The number of amides is 2. The van der Waals surface area contributed by atoms with Gasteiger partial charge in [-0.05, 0) is 25.9 Å². The smallest absolute Gasteiger partial charge is 0.337 e. The van der Waals surface area contributed by atoms with E-state index in [9.17, 15) is 18.0 Å². The van der Waals surface area contributed by atoms with Crippen molar-refractivity contribution in [3.63, 3.8) is 0 Å². The topological polar surface area (TPSA) is 44.4 Å². The maximum Gasteiger partial charge on any atom is 0.405 e. The summed E-state index contributed by atoms with van der Waals surface area (Å²) in [6, 6.07) is -0.767. The fourth-order valence-electron chi connectivity index (χ4n) is 1.58. The number of carbonyl (C=O) groups excluding carboxylic acids is 1. The van der Waals surface area contributed by atoms with E-state index in [1.54, 1.807) is 5.32 Å². The van der Waals surface area contributed by atoms with Crippen molar-refractivity contribution in [3.8, 4) is 0 Å². The monoisotopic (exact) mass is 239 g/mol. The normalized spacial score (nSPS) is 17.4. The molecular formula is C9H16F3N3O. The van der Waals surface area contributed by atoms with Crippen LogP contribution in [0.3, 0.4) is 0 Å². The number of urea groups is 1. The van der Waals surface area contributed by atoms with Gasteiger partial charge in [0, 0.05) is 13.1 Å². The maximum absolute atomic E-state index is 11.7. The van der Waals surface area contributed by atoms with Crippen molar-refractivity contribution in [2.45, 2.75) is 19.0 Å². The van der Waals surface area contributed by atoms with Crippen LogP contribution < -0.4 is 10.6 Å². The standard InChI is InChI=1S/C9H16F3N3O/c10-9(11,12)7-14-8(16)13-3-6-15-4-1-2-5-15/h1-7H2,(H2,13,14,16). The molecule has 0 unspecified atom stereocenters. The number of nitrogens with zero attached hydrogens (tertiary/aromatic N) is 1. The Labute approximate surface area is 92.2 Å². The Morgan fingerprint density at radius 2 is 1.81 bits per heavy atom. The minimum absolute atomic E-state index is 0.379. The Bertz CT molecular complexity index is 227. The zero-order valence-electron chi connectivity index (χ0n) is 8.94. The first-order chi connectivity index (χ1) is 7.47. The van der Waals surface area contributed by atoms with E-state index < -0.39 is 18.8 Å². The third-order valence-electron chi connectivity index (χ3n) is 2.36. The molecule has 0 saturated carbocycles. The van der Waals surface area contributed by atoms with Crippen LogP contribution in [0.15, 0.2) is 0 Å². The van der Waals surface area contributed by atoms with Crippen LogP contribution in [0, 0.1) is 0 Å². The lowest BCUT2D eigenvalue weighted by Crippen LogP contribution is -2.43. The average molecular weight is 239 g/mol. The summed E-state index contributed by atoms with van der Waals surface area (Å²) in [5.41, 5.74) is 0. The minimum Gasteiger partial charge on any atom is -0.337 e. The molecule has 16 heavy (non-hydrogen) atoms. The number of nitrogens with one attached hydrogen (secondary N) is 2. The number of halogens is 3. The zero-order valence-corrected chi connectivity index (χ0v) is 8.94. The van der Waals surface area contributed by atoms with E-state index in [1.165, 1.54) is 0 Å². The van der Waals surface area contributed by atoms with Gasteiger partial charge in [-0.2, -0.15) is 13.2 Å². The molecule has 4 nitrogen and oxygen atoms in total. The third kappa shape index (κ3) is 5.79. The molecular weight excluding hydrogens is 223 g/mol. The predicted octanol–water partition coefficient (Wildman–Crippen LogP) is 0.944. The minimum atomic E-state index is -4.35. The van der Waals surface area contributed by atoms with Gasteiger partial charge in [-0.3, -0.25) is 0 Å². The Kier molecular flexibility index (Phi) is 4.85. The van der Waals surface area contributed by atoms with E-state index >= 15 is 0 Å². The van der Waals surface area contributed by atoms with Gasteiger partial charge in [-0.1, -0.05) is 0 Å². The van der Waals surface area contributed by atoms with Crippen LogP contribution in [0.2, 0.25) is 0 Å². The van der Waals surface area contributed by atoms with Crippen molar-refractivity contribution in [2.24, 2.45) is 0 Å². The highest BCUT2D eigenvalue weighted by Crippen LogP contribution is 2.11. The number of hydrogen-bond donors (Lipinski definition) is 2. The fourth-order valence-corrected chi connectivity index (χ4v) is 1.58. The Hall–Kier alpha value is -0.980. The first kappa shape index (κ1) is 13.1. The SMILES string of the molecule is O=C(NCCN1CCCC1)NCC(F)(F)F. The summed E-state index contributed by atoms with van der Waals surface area (Å²) in [6.45, 7) is 1.80. The zero-order chi connectivity index (χ0) is 12.0. The van der Waals surface area contributed by atoms with Crippen LogP contribution in [0.5, 0.6) is 0 Å². The van der Waals surface area contributed by atoms with Crippen LogP contribution in [0.25, 0.3) is 0 Å². The first-order valence-electron chi connectivity index (χ1n) is 5.28. The summed E-state index contributed by atoms with van der Waals surface area (Å²) in [6.07, 6.45) is -2.05. The van der Waals surface area contributed by atoms with Crippen molar-refractivity contribution >= 4 is 6.03 Å². The summed E-state index contributed by atoms with van der Waals surface area (Å²) >= 11 is 0. The lowest BCUT2D eigenvalue weighted by atomic mass is 10.4. The van der Waals surface area contributed by atoms with Crippen LogP contribution in [-0.4, -0.2) is 49.8 Å². The molecule has 0 radical (unpaired) electrons. The van der Waals surface area contributed by atoms with Gasteiger partial charge in [-0.25, -0.2) is 4.79 Å². The molecule has 7 heteroatoms. The molecule has 0 atom stereocenters. The van der Waals surface area contributed by atoms with E-state index in [0.717, 1.165) is 25.9 Å². The predicted molar refractivity (Wildman–Crippen MR) is 53.1 cm³/mol. The number of rotatable bonds is 4. The fraction of sp³-hybridized carbons (Fsp3) is 0.889. The van der Waals surface area contributed by atoms with Gasteiger partial charge < -0.3 is 15.5 Å². The van der Waals surface area contributed by atoms with Crippen LogP contribution in [-0.2, 0) is 0 Å². The maximum atomic E-state index is 11.7. The largest absolute Gasteiger partial charge is 0.405 e. The Morgan fingerprint density at radius 3 is 2.38 bits per heavy atom. The molecule has 0 bridgehead atoms.